The van der Waals surface area contributed by atoms with Crippen molar-refractivity contribution in [1.82, 2.24) is 9.80 Å². The van der Waals surface area contributed by atoms with E-state index in [1.165, 1.54) is 13.1 Å². The van der Waals surface area contributed by atoms with Crippen molar-refractivity contribution in [2.75, 3.05) is 32.7 Å². The van der Waals surface area contributed by atoms with Gasteiger partial charge < -0.3 is 10.6 Å². The largest absolute Gasteiger partial charge is 0.369 e. The van der Waals surface area contributed by atoms with Gasteiger partial charge in [-0.05, 0) is 19.4 Å². The smallest absolute Gasteiger partial charge is 0.220 e. The Kier molecular flexibility index (Phi) is 3.26. The van der Waals surface area contributed by atoms with Gasteiger partial charge >= 0.3 is 0 Å². The molecule has 0 radical (unpaired) electrons. The molecule has 0 aromatic heterocycles. The van der Waals surface area contributed by atoms with Crippen LogP contribution in [0.3, 0.4) is 0 Å². The Labute approximate surface area is 91.4 Å². The van der Waals surface area contributed by atoms with Gasteiger partial charge in [-0.25, -0.2) is 0 Å². The molecule has 2 fully saturated rings. The molecule has 1 aliphatic carbocycles. The molecule has 0 unspecified atom stereocenters. The lowest BCUT2D eigenvalue weighted by molar-refractivity contribution is -0.126. The van der Waals surface area contributed by atoms with Crippen LogP contribution >= 0.6 is 0 Å². The van der Waals surface area contributed by atoms with Crippen molar-refractivity contribution < 1.29 is 4.79 Å². The molecule has 2 aliphatic rings. The molecule has 86 valence electrons. The van der Waals surface area contributed by atoms with Crippen molar-refractivity contribution in [3.63, 3.8) is 0 Å². The van der Waals surface area contributed by atoms with Gasteiger partial charge in [-0.3, -0.25) is 9.69 Å². The van der Waals surface area contributed by atoms with E-state index in [4.69, 9.17) is 5.73 Å². The number of nitrogens with two attached hydrogens (primary N) is 1. The second kappa shape index (κ2) is 4.49. The highest BCUT2D eigenvalue weighted by atomic mass is 16.1. The van der Waals surface area contributed by atoms with E-state index < -0.39 is 0 Å². The number of amides is 1. The lowest BCUT2D eigenvalue weighted by Crippen LogP contribution is -2.55. The van der Waals surface area contributed by atoms with Crippen LogP contribution in [0.15, 0.2) is 0 Å². The van der Waals surface area contributed by atoms with E-state index in [-0.39, 0.29) is 11.8 Å². The lowest BCUT2D eigenvalue weighted by Gasteiger charge is -2.45. The van der Waals surface area contributed by atoms with E-state index >= 15 is 0 Å². The minimum atomic E-state index is -0.113. The summed E-state index contributed by atoms with van der Waals surface area (Å²) in [6.45, 7) is 8.03. The number of hydrogen-bond donors (Lipinski definition) is 1. The standard InChI is InChI=1S/C11H21N3O/c1-2-13-3-5-14(6-4-13)10-7-9(8-10)11(12)15/h9-10H,2-8H2,1H3,(H2,12,15). The highest BCUT2D eigenvalue weighted by molar-refractivity contribution is 5.77. The van der Waals surface area contributed by atoms with Crippen LogP contribution in [0.4, 0.5) is 0 Å². The summed E-state index contributed by atoms with van der Waals surface area (Å²) in [5.74, 6) is 0.0395. The Hall–Kier alpha value is -0.610. The molecule has 4 heteroatoms. The van der Waals surface area contributed by atoms with Gasteiger partial charge in [0.05, 0.1) is 0 Å². The number of carbonyl (C=O) groups is 1. The number of primary amides is 1. The average Bonchev–Trinajstić information content (AvgIpc) is 2.16. The Morgan fingerprint density at radius 1 is 1.27 bits per heavy atom. The zero-order valence-electron chi connectivity index (χ0n) is 9.48. The first-order chi connectivity index (χ1) is 7.20. The average molecular weight is 211 g/mol. The summed E-state index contributed by atoms with van der Waals surface area (Å²) in [6.07, 6.45) is 1.98. The number of rotatable bonds is 3. The summed E-state index contributed by atoms with van der Waals surface area (Å²) in [7, 11) is 0. The van der Waals surface area contributed by atoms with E-state index in [0.717, 1.165) is 32.5 Å². The van der Waals surface area contributed by atoms with Crippen molar-refractivity contribution in [2.24, 2.45) is 11.7 Å². The molecular weight excluding hydrogens is 190 g/mol. The Morgan fingerprint density at radius 3 is 2.33 bits per heavy atom. The summed E-state index contributed by atoms with van der Waals surface area (Å²) in [6, 6.07) is 0.626. The van der Waals surface area contributed by atoms with Gasteiger partial charge in [-0.2, -0.15) is 0 Å². The maximum Gasteiger partial charge on any atom is 0.220 e. The van der Waals surface area contributed by atoms with E-state index in [1.54, 1.807) is 0 Å². The normalized spacial score (nSPS) is 33.7. The molecular formula is C11H21N3O. The van der Waals surface area contributed by atoms with Crippen LogP contribution in [-0.2, 0) is 4.79 Å². The van der Waals surface area contributed by atoms with Crippen LogP contribution in [0.5, 0.6) is 0 Å². The predicted octanol–water partition coefficient (Wildman–Crippen LogP) is -0.112. The molecule has 15 heavy (non-hydrogen) atoms. The van der Waals surface area contributed by atoms with E-state index in [0.29, 0.717) is 6.04 Å². The zero-order valence-corrected chi connectivity index (χ0v) is 9.48. The zero-order chi connectivity index (χ0) is 10.8. The van der Waals surface area contributed by atoms with E-state index in [2.05, 4.69) is 16.7 Å². The number of hydrogen-bond acceptors (Lipinski definition) is 3. The lowest BCUT2D eigenvalue weighted by atomic mass is 9.78. The van der Waals surface area contributed by atoms with Gasteiger partial charge in [0.1, 0.15) is 0 Å². The summed E-state index contributed by atoms with van der Waals surface area (Å²) >= 11 is 0. The molecule has 0 aromatic rings. The van der Waals surface area contributed by atoms with Gasteiger partial charge in [0, 0.05) is 38.1 Å². The molecule has 4 nitrogen and oxygen atoms in total. The number of nitrogens with zero attached hydrogens (tertiary/aromatic N) is 2. The number of likely N-dealkylation sites (N-methyl/N-ethyl adjacent to an activating group) is 1. The summed E-state index contributed by atoms with van der Waals surface area (Å²) in [4.78, 5) is 15.9. The molecule has 2 rings (SSSR count). The third-order valence-electron chi connectivity index (χ3n) is 3.89. The first kappa shape index (κ1) is 10.9. The SMILES string of the molecule is CCN1CCN(C2CC(C(N)=O)C2)CC1. The van der Waals surface area contributed by atoms with Crippen LogP contribution in [0.2, 0.25) is 0 Å². The first-order valence-electron chi connectivity index (χ1n) is 5.96. The Morgan fingerprint density at radius 2 is 1.87 bits per heavy atom. The molecule has 0 atom stereocenters. The highest BCUT2D eigenvalue weighted by Gasteiger charge is 2.37. The van der Waals surface area contributed by atoms with Crippen LogP contribution < -0.4 is 5.73 Å². The molecule has 0 bridgehead atoms. The summed E-state index contributed by atoms with van der Waals surface area (Å²) in [5, 5.41) is 0. The van der Waals surface area contributed by atoms with Crippen molar-refractivity contribution in [2.45, 2.75) is 25.8 Å². The summed E-state index contributed by atoms with van der Waals surface area (Å²) in [5.41, 5.74) is 5.27. The predicted molar refractivity (Wildman–Crippen MR) is 59.4 cm³/mol. The maximum atomic E-state index is 10.9. The molecule has 1 saturated heterocycles. The van der Waals surface area contributed by atoms with Gasteiger partial charge in [0.25, 0.3) is 0 Å². The topological polar surface area (TPSA) is 49.6 Å². The Balaban J connectivity index is 1.72. The van der Waals surface area contributed by atoms with E-state index in [9.17, 15) is 4.79 Å². The Bertz CT molecular complexity index is 230. The molecule has 0 spiro atoms. The fraction of sp³-hybridized carbons (Fsp3) is 0.909. The van der Waals surface area contributed by atoms with Crippen LogP contribution in [0.1, 0.15) is 19.8 Å². The molecule has 1 saturated carbocycles. The fourth-order valence-electron chi connectivity index (χ4n) is 2.56. The van der Waals surface area contributed by atoms with Gasteiger partial charge in [0.2, 0.25) is 5.91 Å². The van der Waals surface area contributed by atoms with Crippen LogP contribution in [0.25, 0.3) is 0 Å². The molecule has 2 N–H and O–H groups in total. The minimum Gasteiger partial charge on any atom is -0.369 e. The number of piperazine rings is 1. The quantitative estimate of drug-likeness (QED) is 0.708. The highest BCUT2D eigenvalue weighted by Crippen LogP contribution is 2.31. The second-order valence-electron chi connectivity index (χ2n) is 4.69. The van der Waals surface area contributed by atoms with Crippen molar-refractivity contribution in [3.8, 4) is 0 Å². The molecule has 0 aromatic carbocycles. The first-order valence-corrected chi connectivity index (χ1v) is 5.96. The second-order valence-corrected chi connectivity index (χ2v) is 4.69. The van der Waals surface area contributed by atoms with Crippen LogP contribution in [0, 0.1) is 5.92 Å². The van der Waals surface area contributed by atoms with Gasteiger partial charge in [-0.15, -0.1) is 0 Å². The monoisotopic (exact) mass is 211 g/mol. The van der Waals surface area contributed by atoms with Gasteiger partial charge in [0.15, 0.2) is 0 Å². The van der Waals surface area contributed by atoms with E-state index in [1.807, 2.05) is 0 Å². The van der Waals surface area contributed by atoms with Crippen LogP contribution in [-0.4, -0.2) is 54.5 Å². The summed E-state index contributed by atoms with van der Waals surface area (Å²) < 4.78 is 0. The third-order valence-corrected chi connectivity index (χ3v) is 3.89. The number of carbonyl (C=O) groups excluding carboxylic acids is 1. The third kappa shape index (κ3) is 2.32. The molecule has 1 aliphatic heterocycles. The van der Waals surface area contributed by atoms with Gasteiger partial charge in [-0.1, -0.05) is 6.92 Å². The molecule has 1 heterocycles. The maximum absolute atomic E-state index is 10.9. The van der Waals surface area contributed by atoms with Crippen molar-refractivity contribution in [3.05, 3.63) is 0 Å². The molecule has 1 amide bonds. The van der Waals surface area contributed by atoms with Crippen molar-refractivity contribution in [1.29, 1.82) is 0 Å². The fourth-order valence-corrected chi connectivity index (χ4v) is 2.56. The van der Waals surface area contributed by atoms with Crippen molar-refractivity contribution >= 4 is 5.91 Å². The minimum absolute atomic E-state index is 0.113.